The zero-order valence-electron chi connectivity index (χ0n) is 4.93. The van der Waals surface area contributed by atoms with Crippen LogP contribution in [0.25, 0.3) is 0 Å². The summed E-state index contributed by atoms with van der Waals surface area (Å²) in [6.07, 6.45) is 6.84. The van der Waals surface area contributed by atoms with Gasteiger partial charge in [0.1, 0.15) is 0 Å². The van der Waals surface area contributed by atoms with Crippen LogP contribution in [0.4, 0.5) is 0 Å². The summed E-state index contributed by atoms with van der Waals surface area (Å²) in [5.41, 5.74) is 1.11. The van der Waals surface area contributed by atoms with Crippen LogP contribution in [-0.4, -0.2) is 12.5 Å². The maximum atomic E-state index is 8.50. The molecule has 1 rings (SSSR count). The van der Waals surface area contributed by atoms with E-state index >= 15 is 0 Å². The van der Waals surface area contributed by atoms with Gasteiger partial charge < -0.3 is 5.02 Å². The molecule has 1 N–H and O–H groups in total. The molecule has 0 saturated heterocycles. The minimum absolute atomic E-state index is 1.07. The maximum absolute atomic E-state index is 8.50. The molecule has 0 heterocycles. The molecule has 1 nitrogen and oxygen atoms in total. The van der Waals surface area contributed by atoms with E-state index in [2.05, 4.69) is 6.08 Å². The molecule has 0 unspecified atom stereocenters. The van der Waals surface area contributed by atoms with Crippen LogP contribution >= 0.6 is 0 Å². The van der Waals surface area contributed by atoms with Gasteiger partial charge in [-0.05, 0) is 25.7 Å². The predicted molar refractivity (Wildman–Crippen MR) is 34.5 cm³/mol. The number of allylic oxidation sites excluding steroid dienone is 2. The van der Waals surface area contributed by atoms with E-state index in [9.17, 15) is 0 Å². The van der Waals surface area contributed by atoms with Crippen molar-refractivity contribution in [2.75, 3.05) is 0 Å². The third-order valence-corrected chi connectivity index (χ3v) is 1.49. The Hall–Kier alpha value is -0.235. The Morgan fingerprint density at radius 1 is 1.50 bits per heavy atom. The van der Waals surface area contributed by atoms with Crippen molar-refractivity contribution in [1.82, 2.24) is 0 Å². The second-order valence-corrected chi connectivity index (χ2v) is 2.15. The van der Waals surface area contributed by atoms with Crippen molar-refractivity contribution in [2.24, 2.45) is 0 Å². The zero-order chi connectivity index (χ0) is 5.82. The van der Waals surface area contributed by atoms with Crippen molar-refractivity contribution in [2.45, 2.75) is 25.7 Å². The van der Waals surface area contributed by atoms with E-state index in [4.69, 9.17) is 5.02 Å². The van der Waals surface area contributed by atoms with Crippen molar-refractivity contribution in [3.05, 3.63) is 11.5 Å². The Kier molecular flexibility index (Phi) is 2.16. The van der Waals surface area contributed by atoms with Crippen molar-refractivity contribution in [3.8, 4) is 0 Å². The molecule has 1 aliphatic rings. The lowest BCUT2D eigenvalue weighted by atomic mass is 9.80. The van der Waals surface area contributed by atoms with Gasteiger partial charge in [-0.25, -0.2) is 0 Å². The van der Waals surface area contributed by atoms with E-state index < -0.39 is 0 Å². The zero-order valence-corrected chi connectivity index (χ0v) is 4.93. The molecule has 0 amide bonds. The predicted octanol–water partition coefficient (Wildman–Crippen LogP) is 1.06. The van der Waals surface area contributed by atoms with Crippen molar-refractivity contribution >= 4 is 7.48 Å². The molecule has 1 aliphatic carbocycles. The second kappa shape index (κ2) is 2.93. The minimum atomic E-state index is 1.07. The largest absolute Gasteiger partial charge is 0.450 e. The van der Waals surface area contributed by atoms with E-state index in [1.165, 1.54) is 20.3 Å². The highest BCUT2D eigenvalue weighted by atomic mass is 16.2. The Labute approximate surface area is 50.7 Å². The first-order valence-corrected chi connectivity index (χ1v) is 3.10. The summed E-state index contributed by atoms with van der Waals surface area (Å²) in [7, 11) is 1.22. The molecule has 2 heteroatoms. The van der Waals surface area contributed by atoms with Crippen LogP contribution < -0.4 is 0 Å². The van der Waals surface area contributed by atoms with Crippen LogP contribution in [0.5, 0.6) is 0 Å². The van der Waals surface area contributed by atoms with E-state index in [1.807, 2.05) is 0 Å². The normalized spacial score (nSPS) is 19.9. The average molecular weight is 109 g/mol. The van der Waals surface area contributed by atoms with Crippen molar-refractivity contribution in [1.29, 1.82) is 0 Å². The van der Waals surface area contributed by atoms with E-state index in [1.54, 1.807) is 0 Å². The molecule has 0 atom stereocenters. The van der Waals surface area contributed by atoms with Gasteiger partial charge in [0.2, 0.25) is 0 Å². The Morgan fingerprint density at radius 3 is 2.75 bits per heavy atom. The monoisotopic (exact) mass is 109 g/mol. The number of hydrogen-bond donors (Lipinski definition) is 1. The molecule has 0 aromatic heterocycles. The van der Waals surface area contributed by atoms with E-state index in [0.717, 1.165) is 18.3 Å². The molecular formula is C6H10BO. The number of hydrogen-bond acceptors (Lipinski definition) is 1. The first-order chi connectivity index (χ1) is 3.93. The Morgan fingerprint density at radius 2 is 2.38 bits per heavy atom. The molecule has 0 saturated carbocycles. The molecule has 1 radical (unpaired) electrons. The lowest BCUT2D eigenvalue weighted by molar-refractivity contribution is 0.600. The van der Waals surface area contributed by atoms with E-state index in [-0.39, 0.29) is 0 Å². The highest BCUT2D eigenvalue weighted by Gasteiger charge is 2.01. The molecule has 8 heavy (non-hydrogen) atoms. The second-order valence-electron chi connectivity index (χ2n) is 2.15. The van der Waals surface area contributed by atoms with Gasteiger partial charge in [0.05, 0.1) is 0 Å². The molecular weight excluding hydrogens is 98.9 g/mol. The summed E-state index contributed by atoms with van der Waals surface area (Å²) in [5.74, 6) is 0. The standard InChI is InChI=1S/C6H10BO/c8-7-6-4-2-1-3-5-6/h4,8H,1-3,5H2. The smallest absolute Gasteiger partial charge is 0.321 e. The third kappa shape index (κ3) is 1.37. The van der Waals surface area contributed by atoms with Crippen LogP contribution in [0, 0.1) is 0 Å². The maximum Gasteiger partial charge on any atom is 0.321 e. The number of rotatable bonds is 1. The lowest BCUT2D eigenvalue weighted by Gasteiger charge is -2.07. The van der Waals surface area contributed by atoms with Gasteiger partial charge in [-0.1, -0.05) is 11.5 Å². The molecule has 0 bridgehead atoms. The fraction of sp³-hybridized carbons (Fsp3) is 0.667. The fourth-order valence-electron chi connectivity index (χ4n) is 0.980. The fourth-order valence-corrected chi connectivity index (χ4v) is 0.980. The quantitative estimate of drug-likeness (QED) is 0.499. The SMILES string of the molecule is O[B]C1=CCCCC1. The summed E-state index contributed by atoms with van der Waals surface area (Å²) in [4.78, 5) is 0. The highest BCUT2D eigenvalue weighted by Crippen LogP contribution is 2.14. The summed E-state index contributed by atoms with van der Waals surface area (Å²) in [6, 6.07) is 0. The molecule has 0 aliphatic heterocycles. The highest BCUT2D eigenvalue weighted by molar-refractivity contribution is 6.36. The van der Waals surface area contributed by atoms with Crippen LogP contribution in [0.3, 0.4) is 0 Å². The first kappa shape index (κ1) is 5.89. The van der Waals surface area contributed by atoms with Crippen LogP contribution in [0.15, 0.2) is 11.5 Å². The Balaban J connectivity index is 2.37. The molecule has 0 aromatic rings. The van der Waals surface area contributed by atoms with Crippen molar-refractivity contribution < 1.29 is 5.02 Å². The van der Waals surface area contributed by atoms with Gasteiger partial charge >= 0.3 is 7.48 Å². The minimum Gasteiger partial charge on any atom is -0.450 e. The van der Waals surface area contributed by atoms with E-state index in [0.29, 0.717) is 0 Å². The van der Waals surface area contributed by atoms with Gasteiger partial charge in [-0.3, -0.25) is 0 Å². The molecule has 0 fully saturated rings. The van der Waals surface area contributed by atoms with Gasteiger partial charge in [-0.15, -0.1) is 0 Å². The Bertz CT molecular complexity index is 98.7. The van der Waals surface area contributed by atoms with Gasteiger partial charge in [0.25, 0.3) is 0 Å². The molecule has 0 spiro atoms. The molecule has 43 valence electrons. The average Bonchev–Trinajstić information content (AvgIpc) is 1.90. The van der Waals surface area contributed by atoms with Crippen molar-refractivity contribution in [3.63, 3.8) is 0 Å². The summed E-state index contributed by atoms with van der Waals surface area (Å²) < 4.78 is 0. The van der Waals surface area contributed by atoms with Gasteiger partial charge in [0, 0.05) is 0 Å². The lowest BCUT2D eigenvalue weighted by Crippen LogP contribution is -1.98. The third-order valence-electron chi connectivity index (χ3n) is 1.49. The van der Waals surface area contributed by atoms with Gasteiger partial charge in [0.15, 0.2) is 0 Å². The molecule has 0 aromatic carbocycles. The summed E-state index contributed by atoms with van der Waals surface area (Å²) >= 11 is 0. The summed E-state index contributed by atoms with van der Waals surface area (Å²) in [5, 5.41) is 8.50. The van der Waals surface area contributed by atoms with Gasteiger partial charge in [-0.2, -0.15) is 0 Å². The summed E-state index contributed by atoms with van der Waals surface area (Å²) in [6.45, 7) is 0. The van der Waals surface area contributed by atoms with Crippen LogP contribution in [0.2, 0.25) is 0 Å². The van der Waals surface area contributed by atoms with Crippen LogP contribution in [-0.2, 0) is 0 Å². The first-order valence-electron chi connectivity index (χ1n) is 3.10. The van der Waals surface area contributed by atoms with Crippen LogP contribution in [0.1, 0.15) is 25.7 Å². The topological polar surface area (TPSA) is 20.2 Å².